The average molecular weight is 479 g/mol. The van der Waals surface area contributed by atoms with Crippen LogP contribution in [0.4, 0.5) is 14.5 Å². The second kappa shape index (κ2) is 10.7. The van der Waals surface area contributed by atoms with Gasteiger partial charge in [0, 0.05) is 48.5 Å². The molecule has 1 aliphatic carbocycles. The number of benzene rings is 1. The second-order valence-electron chi connectivity index (χ2n) is 8.28. The zero-order valence-corrected chi connectivity index (χ0v) is 18.8. The maximum Gasteiger partial charge on any atom is 0.248 e. The molecule has 1 atom stereocenters. The maximum atomic E-state index is 13.7. The van der Waals surface area contributed by atoms with E-state index in [1.54, 1.807) is 24.3 Å². The summed E-state index contributed by atoms with van der Waals surface area (Å²) in [5.41, 5.74) is -0.835. The van der Waals surface area contributed by atoms with E-state index >= 15 is 0 Å². The van der Waals surface area contributed by atoms with E-state index in [1.807, 2.05) is 0 Å². The van der Waals surface area contributed by atoms with E-state index in [-0.39, 0.29) is 35.5 Å². The van der Waals surface area contributed by atoms with Gasteiger partial charge in [-0.05, 0) is 19.4 Å². The summed E-state index contributed by atoms with van der Waals surface area (Å²) in [6.07, 6.45) is 4.83. The molecule has 176 valence electrons. The van der Waals surface area contributed by atoms with Gasteiger partial charge in [0.15, 0.2) is 0 Å². The molecule has 3 amide bonds. The second-order valence-corrected chi connectivity index (χ2v) is 8.69. The first kappa shape index (κ1) is 24.6. The van der Waals surface area contributed by atoms with E-state index < -0.39 is 23.4 Å². The zero-order chi connectivity index (χ0) is 24.0. The van der Waals surface area contributed by atoms with Crippen molar-refractivity contribution in [2.24, 2.45) is 0 Å². The molecule has 1 saturated carbocycles. The first-order valence-corrected chi connectivity index (χ1v) is 10.9. The number of carbonyl (C=O) groups excluding carboxylic acids is 3. The lowest BCUT2D eigenvalue weighted by Gasteiger charge is -2.40. The first-order chi connectivity index (χ1) is 15.7. The molecule has 2 aromatic rings. The number of carbonyl (C=O) groups is 3. The van der Waals surface area contributed by atoms with Gasteiger partial charge < -0.3 is 10.6 Å². The van der Waals surface area contributed by atoms with E-state index in [2.05, 4.69) is 15.6 Å². The van der Waals surface area contributed by atoms with Crippen LogP contribution >= 0.6 is 11.6 Å². The number of pyridine rings is 1. The fraction of sp³-hybridized carbons (Fsp3) is 0.391. The van der Waals surface area contributed by atoms with E-state index in [0.717, 1.165) is 36.5 Å². The summed E-state index contributed by atoms with van der Waals surface area (Å²) in [6, 6.07) is 6.18. The van der Waals surface area contributed by atoms with Gasteiger partial charge in [-0.3, -0.25) is 24.3 Å². The monoisotopic (exact) mass is 478 g/mol. The average Bonchev–Trinajstić information content (AvgIpc) is 3.22. The van der Waals surface area contributed by atoms with Gasteiger partial charge in [0.25, 0.3) is 0 Å². The van der Waals surface area contributed by atoms with Crippen LogP contribution in [-0.2, 0) is 14.4 Å². The maximum absolute atomic E-state index is 13.7. The third kappa shape index (κ3) is 6.47. The number of anilines is 1. The third-order valence-electron chi connectivity index (χ3n) is 5.42. The fourth-order valence-electron chi connectivity index (χ4n) is 3.84. The Hall–Kier alpha value is -3.07. The Morgan fingerprint density at radius 3 is 2.61 bits per heavy atom. The van der Waals surface area contributed by atoms with E-state index in [4.69, 9.17) is 11.6 Å². The lowest BCUT2D eigenvalue weighted by Crippen LogP contribution is -2.53. The van der Waals surface area contributed by atoms with Crippen LogP contribution in [0, 0.1) is 5.82 Å². The summed E-state index contributed by atoms with van der Waals surface area (Å²) in [6.45, 7) is 2.36. The molecule has 2 heterocycles. The Morgan fingerprint density at radius 1 is 1.36 bits per heavy atom. The van der Waals surface area contributed by atoms with Crippen molar-refractivity contribution in [3.8, 4) is 0 Å². The van der Waals surface area contributed by atoms with Gasteiger partial charge >= 0.3 is 0 Å². The summed E-state index contributed by atoms with van der Waals surface area (Å²) in [4.78, 5) is 39.7. The Labute approximate surface area is 195 Å². The minimum absolute atomic E-state index is 0.106. The van der Waals surface area contributed by atoms with Crippen LogP contribution in [0.2, 0.25) is 5.02 Å². The molecule has 1 aliphatic heterocycles. The van der Waals surface area contributed by atoms with Gasteiger partial charge in [-0.25, -0.2) is 8.78 Å². The standard InChI is InChI=1S/C19H18ClF2N3O2.C4H7NO/c1-19(22)7-13(8-19)24-18(27)17(15-4-2-3-5-16(15)20)25(11-26)14-6-12(21)9-23-10-14;6-4-2-1-3-5-4/h2-6,9-11,13,17H,7-8H2,1H3,(H,24,27);1-3H2,(H,5,6). The lowest BCUT2D eigenvalue weighted by atomic mass is 9.78. The molecule has 0 bridgehead atoms. The highest BCUT2D eigenvalue weighted by atomic mass is 35.5. The van der Waals surface area contributed by atoms with Gasteiger partial charge in [-0.2, -0.15) is 0 Å². The van der Waals surface area contributed by atoms with Crippen molar-refractivity contribution in [2.45, 2.75) is 50.4 Å². The SMILES string of the molecule is CC1(F)CC(NC(=O)C(c2ccccc2Cl)N(C=O)c2cncc(F)c2)C1.O=C1CCCN1. The molecule has 33 heavy (non-hydrogen) atoms. The molecule has 4 rings (SSSR count). The van der Waals surface area contributed by atoms with Crippen molar-refractivity contribution < 1.29 is 23.2 Å². The molecule has 1 saturated heterocycles. The van der Waals surface area contributed by atoms with Gasteiger partial charge in [0.1, 0.15) is 17.5 Å². The summed E-state index contributed by atoms with van der Waals surface area (Å²) in [7, 11) is 0. The number of nitrogens with zero attached hydrogens (tertiary/aromatic N) is 2. The number of alkyl halides is 1. The van der Waals surface area contributed by atoms with E-state index in [0.29, 0.717) is 12.0 Å². The van der Waals surface area contributed by atoms with Crippen LogP contribution in [0.5, 0.6) is 0 Å². The third-order valence-corrected chi connectivity index (χ3v) is 5.77. The molecular weight excluding hydrogens is 454 g/mol. The smallest absolute Gasteiger partial charge is 0.248 e. The number of halogens is 3. The predicted molar refractivity (Wildman–Crippen MR) is 120 cm³/mol. The molecule has 2 aliphatic rings. The molecular formula is C23H25ClF2N4O3. The van der Waals surface area contributed by atoms with Crippen molar-refractivity contribution in [1.29, 1.82) is 0 Å². The molecule has 7 nitrogen and oxygen atoms in total. The van der Waals surface area contributed by atoms with Gasteiger partial charge in [-0.15, -0.1) is 0 Å². The minimum atomic E-state index is -1.31. The fourth-order valence-corrected chi connectivity index (χ4v) is 4.08. The molecule has 2 fully saturated rings. The Bertz CT molecular complexity index is 1000. The number of aromatic nitrogens is 1. The molecule has 0 spiro atoms. The minimum Gasteiger partial charge on any atom is -0.356 e. The summed E-state index contributed by atoms with van der Waals surface area (Å²) >= 11 is 6.24. The summed E-state index contributed by atoms with van der Waals surface area (Å²) in [5.74, 6) is -0.972. The van der Waals surface area contributed by atoms with Crippen LogP contribution in [-0.4, -0.2) is 41.5 Å². The number of rotatable bonds is 6. The van der Waals surface area contributed by atoms with Gasteiger partial charge in [0.05, 0.1) is 18.1 Å². The Morgan fingerprint density at radius 2 is 2.09 bits per heavy atom. The molecule has 10 heteroatoms. The highest BCUT2D eigenvalue weighted by Gasteiger charge is 2.42. The Kier molecular flexibility index (Phi) is 7.97. The van der Waals surface area contributed by atoms with Crippen LogP contribution < -0.4 is 15.5 Å². The molecule has 2 N–H and O–H groups in total. The topological polar surface area (TPSA) is 91.4 Å². The van der Waals surface area contributed by atoms with Crippen molar-refractivity contribution in [1.82, 2.24) is 15.6 Å². The van der Waals surface area contributed by atoms with Crippen LogP contribution in [0.3, 0.4) is 0 Å². The van der Waals surface area contributed by atoms with E-state index in [1.165, 1.54) is 13.1 Å². The highest BCUT2D eigenvalue weighted by molar-refractivity contribution is 6.31. The summed E-state index contributed by atoms with van der Waals surface area (Å²) in [5, 5.41) is 5.70. The molecule has 0 radical (unpaired) electrons. The van der Waals surface area contributed by atoms with Crippen LogP contribution in [0.1, 0.15) is 44.2 Å². The molecule has 1 aromatic heterocycles. The zero-order valence-electron chi connectivity index (χ0n) is 18.1. The quantitative estimate of drug-likeness (QED) is 0.622. The van der Waals surface area contributed by atoms with Crippen molar-refractivity contribution in [2.75, 3.05) is 11.4 Å². The number of hydrogen-bond donors (Lipinski definition) is 2. The lowest BCUT2D eigenvalue weighted by molar-refractivity contribution is -0.126. The van der Waals surface area contributed by atoms with Crippen LogP contribution in [0.25, 0.3) is 0 Å². The number of nitrogens with one attached hydrogen (secondary N) is 2. The van der Waals surface area contributed by atoms with E-state index in [9.17, 15) is 23.2 Å². The Balaban J connectivity index is 0.000000442. The highest BCUT2D eigenvalue weighted by Crippen LogP contribution is 2.37. The molecule has 1 aromatic carbocycles. The predicted octanol–water partition coefficient (Wildman–Crippen LogP) is 3.48. The van der Waals surface area contributed by atoms with Gasteiger partial charge in [0.2, 0.25) is 18.2 Å². The van der Waals surface area contributed by atoms with Gasteiger partial charge in [-0.1, -0.05) is 29.8 Å². The molecule has 1 unspecified atom stereocenters. The van der Waals surface area contributed by atoms with Crippen molar-refractivity contribution in [3.05, 3.63) is 59.1 Å². The number of hydrogen-bond acceptors (Lipinski definition) is 4. The van der Waals surface area contributed by atoms with Crippen molar-refractivity contribution in [3.63, 3.8) is 0 Å². The first-order valence-electron chi connectivity index (χ1n) is 10.5. The number of amides is 3. The normalized spacial score (nSPS) is 22.2. The largest absolute Gasteiger partial charge is 0.356 e. The van der Waals surface area contributed by atoms with Crippen LogP contribution in [0.15, 0.2) is 42.7 Å². The van der Waals surface area contributed by atoms with Crippen molar-refractivity contribution >= 4 is 35.5 Å². The summed E-state index contributed by atoms with van der Waals surface area (Å²) < 4.78 is 27.3.